The number of hydrogen-bond acceptors (Lipinski definition) is 3. The summed E-state index contributed by atoms with van der Waals surface area (Å²) in [6, 6.07) is 5.20. The van der Waals surface area contributed by atoms with Crippen molar-refractivity contribution in [2.24, 2.45) is 0 Å². The van der Waals surface area contributed by atoms with Gasteiger partial charge in [-0.25, -0.2) is 4.39 Å². The molecule has 1 fully saturated rings. The monoisotopic (exact) mass is 328 g/mol. The maximum absolute atomic E-state index is 13.8. The number of amides is 1. The molecule has 1 aromatic heterocycles. The van der Waals surface area contributed by atoms with Crippen LogP contribution in [0.2, 0.25) is 0 Å². The van der Waals surface area contributed by atoms with Crippen LogP contribution in [0.4, 0.5) is 4.39 Å². The van der Waals surface area contributed by atoms with Gasteiger partial charge in [0.2, 0.25) is 0 Å². The van der Waals surface area contributed by atoms with Gasteiger partial charge in [0.25, 0.3) is 5.91 Å². The van der Waals surface area contributed by atoms with Crippen LogP contribution in [-0.4, -0.2) is 25.0 Å². The fourth-order valence-electron chi connectivity index (χ4n) is 2.69. The lowest BCUT2D eigenvalue weighted by molar-refractivity contribution is 0.0933. The topological polar surface area (TPSA) is 41.1 Å². The Morgan fingerprint density at radius 3 is 2.76 bits per heavy atom. The Labute approximate surface area is 133 Å². The third kappa shape index (κ3) is 3.20. The van der Waals surface area contributed by atoms with Gasteiger partial charge in [-0.15, -0.1) is 23.7 Å². The molecule has 0 saturated carbocycles. The summed E-state index contributed by atoms with van der Waals surface area (Å²) < 4.78 is 14.7. The van der Waals surface area contributed by atoms with Crippen LogP contribution in [0.25, 0.3) is 10.1 Å². The molecule has 0 aliphatic carbocycles. The number of piperidine rings is 1. The van der Waals surface area contributed by atoms with E-state index in [1.807, 2.05) is 13.0 Å². The summed E-state index contributed by atoms with van der Waals surface area (Å²) in [6.07, 6.45) is 1.90. The summed E-state index contributed by atoms with van der Waals surface area (Å²) in [6.45, 7) is 3.69. The Kier molecular flexibility index (Phi) is 5.19. The second-order valence-corrected chi connectivity index (χ2v) is 6.22. The minimum absolute atomic E-state index is 0. The molecule has 0 bridgehead atoms. The molecule has 0 spiro atoms. The summed E-state index contributed by atoms with van der Waals surface area (Å²) >= 11 is 1.37. The number of halogens is 2. The third-order valence-corrected chi connectivity index (χ3v) is 5.04. The Bertz CT molecular complexity index is 652. The number of benzene rings is 1. The highest BCUT2D eigenvalue weighted by atomic mass is 35.5. The van der Waals surface area contributed by atoms with Crippen LogP contribution >= 0.6 is 23.7 Å². The van der Waals surface area contributed by atoms with E-state index in [9.17, 15) is 9.18 Å². The van der Waals surface area contributed by atoms with Crippen molar-refractivity contribution in [1.82, 2.24) is 10.6 Å². The minimum Gasteiger partial charge on any atom is -0.349 e. The fourth-order valence-corrected chi connectivity index (χ4v) is 3.81. The lowest BCUT2D eigenvalue weighted by Crippen LogP contribution is -2.42. The zero-order valence-electron chi connectivity index (χ0n) is 11.7. The Balaban J connectivity index is 0.00000161. The standard InChI is InChI=1S/C15H17FN2OS.ClH/c1-9-13-11(16)3-2-4-12(13)20-14(9)15(19)18-10-5-7-17-8-6-10;/h2-4,10,17H,5-8H2,1H3,(H,18,19);1H. The zero-order valence-corrected chi connectivity index (χ0v) is 13.4. The van der Waals surface area contributed by atoms with Crippen LogP contribution in [0.5, 0.6) is 0 Å². The number of rotatable bonds is 2. The first kappa shape index (κ1) is 16.2. The molecule has 1 aliphatic heterocycles. The molecule has 1 amide bonds. The first-order chi connectivity index (χ1) is 9.66. The number of fused-ring (bicyclic) bond motifs is 1. The van der Waals surface area contributed by atoms with Crippen molar-refractivity contribution in [1.29, 1.82) is 0 Å². The van der Waals surface area contributed by atoms with Crippen LogP contribution in [0.1, 0.15) is 28.1 Å². The van der Waals surface area contributed by atoms with Crippen LogP contribution < -0.4 is 10.6 Å². The first-order valence-corrected chi connectivity index (χ1v) is 7.67. The van der Waals surface area contributed by atoms with E-state index in [0.717, 1.165) is 36.2 Å². The lowest BCUT2D eigenvalue weighted by Gasteiger charge is -2.23. The van der Waals surface area contributed by atoms with Gasteiger partial charge in [0.15, 0.2) is 0 Å². The molecule has 0 unspecified atom stereocenters. The predicted octanol–water partition coefficient (Wildman–Crippen LogP) is 3.25. The minimum atomic E-state index is -0.253. The van der Waals surface area contributed by atoms with E-state index >= 15 is 0 Å². The molecular formula is C15H18ClFN2OS. The van der Waals surface area contributed by atoms with Crippen LogP contribution in [-0.2, 0) is 0 Å². The van der Waals surface area contributed by atoms with Crippen LogP contribution in [0, 0.1) is 12.7 Å². The van der Waals surface area contributed by atoms with Crippen LogP contribution in [0.15, 0.2) is 18.2 Å². The summed E-state index contributed by atoms with van der Waals surface area (Å²) in [5.41, 5.74) is 0.745. The fraction of sp³-hybridized carbons (Fsp3) is 0.400. The lowest BCUT2D eigenvalue weighted by atomic mass is 10.1. The molecule has 1 aliphatic rings. The molecule has 1 saturated heterocycles. The highest BCUT2D eigenvalue weighted by Crippen LogP contribution is 2.32. The SMILES string of the molecule is Cc1c(C(=O)NC2CCNCC2)sc2cccc(F)c12.Cl. The number of hydrogen-bond donors (Lipinski definition) is 2. The van der Waals surface area contributed by atoms with Crippen molar-refractivity contribution in [3.05, 3.63) is 34.5 Å². The third-order valence-electron chi connectivity index (χ3n) is 3.78. The van der Waals surface area contributed by atoms with Gasteiger partial charge in [0.1, 0.15) is 5.82 Å². The number of nitrogens with one attached hydrogen (secondary N) is 2. The highest BCUT2D eigenvalue weighted by Gasteiger charge is 2.21. The molecule has 3 rings (SSSR count). The van der Waals surface area contributed by atoms with E-state index in [4.69, 9.17) is 0 Å². The molecule has 0 atom stereocenters. The molecule has 2 aromatic rings. The van der Waals surface area contributed by atoms with E-state index in [0.29, 0.717) is 10.3 Å². The van der Waals surface area contributed by atoms with Gasteiger partial charge in [-0.2, -0.15) is 0 Å². The van der Waals surface area contributed by atoms with Crippen molar-refractivity contribution in [3.63, 3.8) is 0 Å². The summed E-state index contributed by atoms with van der Waals surface area (Å²) in [4.78, 5) is 13.0. The summed E-state index contributed by atoms with van der Waals surface area (Å²) in [5, 5.41) is 6.91. The van der Waals surface area contributed by atoms with Gasteiger partial charge in [0, 0.05) is 16.1 Å². The summed E-state index contributed by atoms with van der Waals surface area (Å²) in [5.74, 6) is -0.327. The number of carbonyl (C=O) groups excluding carboxylic acids is 1. The first-order valence-electron chi connectivity index (χ1n) is 6.86. The van der Waals surface area contributed by atoms with Crippen molar-refractivity contribution in [2.75, 3.05) is 13.1 Å². The van der Waals surface area contributed by atoms with Crippen molar-refractivity contribution in [3.8, 4) is 0 Å². The van der Waals surface area contributed by atoms with E-state index in [-0.39, 0.29) is 30.2 Å². The van der Waals surface area contributed by atoms with Gasteiger partial charge < -0.3 is 10.6 Å². The molecule has 2 N–H and O–H groups in total. The molecule has 21 heavy (non-hydrogen) atoms. The average molecular weight is 329 g/mol. The van der Waals surface area contributed by atoms with E-state index in [1.165, 1.54) is 17.4 Å². The van der Waals surface area contributed by atoms with Gasteiger partial charge in [0.05, 0.1) is 4.88 Å². The molecule has 2 heterocycles. The van der Waals surface area contributed by atoms with Gasteiger partial charge in [-0.05, 0) is 50.6 Å². The maximum Gasteiger partial charge on any atom is 0.261 e. The van der Waals surface area contributed by atoms with Crippen molar-refractivity contribution < 1.29 is 9.18 Å². The maximum atomic E-state index is 13.8. The smallest absolute Gasteiger partial charge is 0.261 e. The second-order valence-electron chi connectivity index (χ2n) is 5.17. The van der Waals surface area contributed by atoms with E-state index in [1.54, 1.807) is 6.07 Å². The Hall–Kier alpha value is -1.17. The van der Waals surface area contributed by atoms with Gasteiger partial charge in [-0.1, -0.05) is 6.07 Å². The molecule has 114 valence electrons. The van der Waals surface area contributed by atoms with E-state index in [2.05, 4.69) is 10.6 Å². The average Bonchev–Trinajstić information content (AvgIpc) is 2.79. The molecule has 3 nitrogen and oxygen atoms in total. The highest BCUT2D eigenvalue weighted by molar-refractivity contribution is 7.21. The Morgan fingerprint density at radius 1 is 1.38 bits per heavy atom. The molecule has 0 radical (unpaired) electrons. The van der Waals surface area contributed by atoms with Crippen molar-refractivity contribution in [2.45, 2.75) is 25.8 Å². The Morgan fingerprint density at radius 2 is 2.10 bits per heavy atom. The number of carbonyl (C=O) groups is 1. The van der Waals surface area contributed by atoms with Crippen molar-refractivity contribution >= 4 is 39.7 Å². The zero-order chi connectivity index (χ0) is 14.1. The normalized spacial score (nSPS) is 15.7. The van der Waals surface area contributed by atoms with E-state index < -0.39 is 0 Å². The largest absolute Gasteiger partial charge is 0.349 e. The quantitative estimate of drug-likeness (QED) is 0.888. The number of aryl methyl sites for hydroxylation is 1. The molecule has 6 heteroatoms. The summed E-state index contributed by atoms with van der Waals surface area (Å²) in [7, 11) is 0. The molecular weight excluding hydrogens is 311 g/mol. The van der Waals surface area contributed by atoms with Gasteiger partial charge in [-0.3, -0.25) is 4.79 Å². The second kappa shape index (κ2) is 6.73. The molecule has 1 aromatic carbocycles. The predicted molar refractivity (Wildman–Crippen MR) is 87.1 cm³/mol. The van der Waals surface area contributed by atoms with Crippen LogP contribution in [0.3, 0.4) is 0 Å². The number of thiophene rings is 1. The van der Waals surface area contributed by atoms with Gasteiger partial charge >= 0.3 is 0 Å².